The van der Waals surface area contributed by atoms with E-state index in [1.54, 1.807) is 12.1 Å². The summed E-state index contributed by atoms with van der Waals surface area (Å²) in [6.07, 6.45) is 7.69. The number of hydrogen-bond donors (Lipinski definition) is 1. The van der Waals surface area contributed by atoms with Crippen LogP contribution in [0.25, 0.3) is 0 Å². The minimum absolute atomic E-state index is 0.369. The summed E-state index contributed by atoms with van der Waals surface area (Å²) in [7, 11) is 0. The Morgan fingerprint density at radius 2 is 1.44 bits per heavy atom. The molecule has 0 amide bonds. The third-order valence-corrected chi connectivity index (χ3v) is 3.18. The van der Waals surface area contributed by atoms with Crippen LogP contribution in [0.5, 0.6) is 5.75 Å². The normalized spacial score (nSPS) is 10.9. The average Bonchev–Trinajstić information content (AvgIpc) is 2.31. The monoisotopic (exact) mass is 220 g/mol. The summed E-state index contributed by atoms with van der Waals surface area (Å²) in [5.74, 6) is 1.05. The lowest BCUT2D eigenvalue weighted by molar-refractivity contribution is 0.473. The van der Waals surface area contributed by atoms with Crippen LogP contribution in [0.15, 0.2) is 24.3 Å². The van der Waals surface area contributed by atoms with Crippen molar-refractivity contribution < 1.29 is 5.11 Å². The lowest BCUT2D eigenvalue weighted by Gasteiger charge is -2.16. The Kier molecular flexibility index (Phi) is 5.99. The van der Waals surface area contributed by atoms with Gasteiger partial charge >= 0.3 is 0 Å². The topological polar surface area (TPSA) is 20.2 Å². The van der Waals surface area contributed by atoms with Crippen molar-refractivity contribution in [2.24, 2.45) is 0 Å². The van der Waals surface area contributed by atoms with Gasteiger partial charge in [-0.3, -0.25) is 0 Å². The number of rotatable bonds is 7. The highest BCUT2D eigenvalue weighted by molar-refractivity contribution is 5.28. The summed E-state index contributed by atoms with van der Waals surface area (Å²) in [6.45, 7) is 4.49. The van der Waals surface area contributed by atoms with Gasteiger partial charge in [-0.15, -0.1) is 0 Å². The molecule has 1 nitrogen and oxygen atoms in total. The van der Waals surface area contributed by atoms with Gasteiger partial charge in [0, 0.05) is 0 Å². The van der Waals surface area contributed by atoms with Crippen LogP contribution in [0.4, 0.5) is 0 Å². The number of aromatic hydroxyl groups is 1. The highest BCUT2D eigenvalue weighted by Crippen LogP contribution is 2.28. The van der Waals surface area contributed by atoms with Gasteiger partial charge in [-0.05, 0) is 36.5 Å². The minimum Gasteiger partial charge on any atom is -0.508 e. The van der Waals surface area contributed by atoms with Crippen LogP contribution in [-0.2, 0) is 0 Å². The SMILES string of the molecule is CCCCC(CCCC)c1ccc(O)cc1. The second-order valence-electron chi connectivity index (χ2n) is 4.57. The second-order valence-corrected chi connectivity index (χ2v) is 4.57. The zero-order chi connectivity index (χ0) is 11.8. The Bertz CT molecular complexity index is 268. The zero-order valence-corrected chi connectivity index (χ0v) is 10.6. The van der Waals surface area contributed by atoms with E-state index in [0.29, 0.717) is 11.7 Å². The molecule has 0 spiro atoms. The summed E-state index contributed by atoms with van der Waals surface area (Å²) in [4.78, 5) is 0. The molecule has 0 aliphatic heterocycles. The molecular weight excluding hydrogens is 196 g/mol. The number of phenolic OH excluding ortho intramolecular Hbond substituents is 1. The lowest BCUT2D eigenvalue weighted by atomic mass is 9.89. The molecule has 0 aromatic heterocycles. The number of hydrogen-bond acceptors (Lipinski definition) is 1. The van der Waals surface area contributed by atoms with Crippen LogP contribution in [0.2, 0.25) is 0 Å². The molecule has 16 heavy (non-hydrogen) atoms. The minimum atomic E-state index is 0.369. The molecule has 0 bridgehead atoms. The van der Waals surface area contributed by atoms with E-state index >= 15 is 0 Å². The predicted octanol–water partition coefficient (Wildman–Crippen LogP) is 4.86. The highest BCUT2D eigenvalue weighted by Gasteiger charge is 2.10. The summed E-state index contributed by atoms with van der Waals surface area (Å²) in [5, 5.41) is 9.29. The van der Waals surface area contributed by atoms with Crippen LogP contribution in [0.1, 0.15) is 63.9 Å². The van der Waals surface area contributed by atoms with Gasteiger partial charge in [0.1, 0.15) is 5.75 Å². The van der Waals surface area contributed by atoms with Crippen molar-refractivity contribution in [3.8, 4) is 5.75 Å². The maximum atomic E-state index is 9.29. The van der Waals surface area contributed by atoms with E-state index in [1.807, 2.05) is 0 Å². The molecule has 0 fully saturated rings. The molecule has 0 aliphatic rings. The third kappa shape index (κ3) is 4.26. The first kappa shape index (κ1) is 13.1. The third-order valence-electron chi connectivity index (χ3n) is 3.18. The van der Waals surface area contributed by atoms with E-state index in [9.17, 15) is 5.11 Å². The number of benzene rings is 1. The molecule has 0 heterocycles. The Balaban J connectivity index is 2.62. The van der Waals surface area contributed by atoms with E-state index in [4.69, 9.17) is 0 Å². The largest absolute Gasteiger partial charge is 0.508 e. The molecule has 0 radical (unpaired) electrons. The van der Waals surface area contributed by atoms with Crippen molar-refractivity contribution in [1.82, 2.24) is 0 Å². The Morgan fingerprint density at radius 1 is 0.938 bits per heavy atom. The van der Waals surface area contributed by atoms with Crippen LogP contribution >= 0.6 is 0 Å². The molecular formula is C15H24O. The van der Waals surface area contributed by atoms with Crippen LogP contribution in [0, 0.1) is 0 Å². The van der Waals surface area contributed by atoms with Gasteiger partial charge < -0.3 is 5.11 Å². The predicted molar refractivity (Wildman–Crippen MR) is 69.9 cm³/mol. The maximum absolute atomic E-state index is 9.29. The van der Waals surface area contributed by atoms with Gasteiger partial charge in [0.15, 0.2) is 0 Å². The van der Waals surface area contributed by atoms with Crippen LogP contribution in [-0.4, -0.2) is 5.11 Å². The van der Waals surface area contributed by atoms with Gasteiger partial charge in [-0.2, -0.15) is 0 Å². The standard InChI is InChI=1S/C15H24O/c1-3-5-7-13(8-6-4-2)14-9-11-15(16)12-10-14/h9-13,16H,3-8H2,1-2H3. The highest BCUT2D eigenvalue weighted by atomic mass is 16.3. The summed E-state index contributed by atoms with van der Waals surface area (Å²) >= 11 is 0. The molecule has 1 heteroatoms. The van der Waals surface area contributed by atoms with Crippen molar-refractivity contribution in [2.45, 2.75) is 58.3 Å². The molecule has 0 atom stereocenters. The molecule has 0 saturated heterocycles. The van der Waals surface area contributed by atoms with E-state index in [0.717, 1.165) is 0 Å². The molecule has 0 aliphatic carbocycles. The zero-order valence-electron chi connectivity index (χ0n) is 10.6. The second kappa shape index (κ2) is 7.32. The van der Waals surface area contributed by atoms with E-state index < -0.39 is 0 Å². The van der Waals surface area contributed by atoms with Crippen molar-refractivity contribution in [2.75, 3.05) is 0 Å². The molecule has 0 unspecified atom stereocenters. The van der Waals surface area contributed by atoms with Gasteiger partial charge in [0.25, 0.3) is 0 Å². The smallest absolute Gasteiger partial charge is 0.115 e. The molecule has 1 aromatic carbocycles. The molecule has 1 N–H and O–H groups in total. The van der Waals surface area contributed by atoms with Crippen LogP contribution in [0.3, 0.4) is 0 Å². The number of unbranched alkanes of at least 4 members (excludes halogenated alkanes) is 2. The van der Waals surface area contributed by atoms with Crippen molar-refractivity contribution in [3.63, 3.8) is 0 Å². The first-order valence-electron chi connectivity index (χ1n) is 6.56. The van der Waals surface area contributed by atoms with Gasteiger partial charge in [0.05, 0.1) is 0 Å². The van der Waals surface area contributed by atoms with Crippen molar-refractivity contribution in [3.05, 3.63) is 29.8 Å². The van der Waals surface area contributed by atoms with Crippen molar-refractivity contribution in [1.29, 1.82) is 0 Å². The lowest BCUT2D eigenvalue weighted by Crippen LogP contribution is -1.99. The van der Waals surface area contributed by atoms with E-state index in [2.05, 4.69) is 26.0 Å². The molecule has 90 valence electrons. The summed E-state index contributed by atoms with van der Waals surface area (Å²) in [5.41, 5.74) is 1.39. The fraction of sp³-hybridized carbons (Fsp3) is 0.600. The molecule has 1 aromatic rings. The first-order valence-corrected chi connectivity index (χ1v) is 6.56. The molecule has 1 rings (SSSR count). The average molecular weight is 220 g/mol. The summed E-state index contributed by atoms with van der Waals surface area (Å²) in [6, 6.07) is 7.76. The Labute approximate surface area is 99.5 Å². The van der Waals surface area contributed by atoms with E-state index in [1.165, 1.54) is 44.1 Å². The van der Waals surface area contributed by atoms with Crippen LogP contribution < -0.4 is 0 Å². The Morgan fingerprint density at radius 3 is 1.88 bits per heavy atom. The first-order chi connectivity index (χ1) is 7.77. The maximum Gasteiger partial charge on any atom is 0.115 e. The number of phenols is 1. The van der Waals surface area contributed by atoms with Gasteiger partial charge in [-0.25, -0.2) is 0 Å². The van der Waals surface area contributed by atoms with Crippen molar-refractivity contribution >= 4 is 0 Å². The van der Waals surface area contributed by atoms with Gasteiger partial charge in [-0.1, -0.05) is 51.7 Å². The fourth-order valence-electron chi connectivity index (χ4n) is 2.13. The quantitative estimate of drug-likeness (QED) is 0.696. The molecule has 0 saturated carbocycles. The fourth-order valence-corrected chi connectivity index (χ4v) is 2.13. The summed E-state index contributed by atoms with van der Waals surface area (Å²) < 4.78 is 0. The van der Waals surface area contributed by atoms with Gasteiger partial charge in [0.2, 0.25) is 0 Å². The Hall–Kier alpha value is -0.980. The van der Waals surface area contributed by atoms with E-state index in [-0.39, 0.29) is 0 Å².